The Hall–Kier alpha value is -1.97. The Morgan fingerprint density at radius 3 is 1.90 bits per heavy atom. The second-order valence-corrected chi connectivity index (χ2v) is 7.49. The largest absolute Gasteiger partial charge is 0.394 e. The maximum Gasteiger partial charge on any atom is 0.283 e. The number of hydrogen-bond donors (Lipinski definition) is 6. The van der Waals surface area contributed by atoms with Crippen LogP contribution in [-0.2, 0) is 9.47 Å². The van der Waals surface area contributed by atoms with Crippen LogP contribution in [0.25, 0.3) is 11.2 Å². The van der Waals surface area contributed by atoms with Gasteiger partial charge >= 0.3 is 0 Å². The minimum Gasteiger partial charge on any atom is -0.394 e. The summed E-state index contributed by atoms with van der Waals surface area (Å²) in [5.74, 6) is 0. The Morgan fingerprint density at radius 2 is 1.37 bits per heavy atom. The van der Waals surface area contributed by atoms with Crippen LogP contribution in [0.2, 0.25) is 0 Å². The smallest absolute Gasteiger partial charge is 0.283 e. The molecule has 0 radical (unpaired) electrons. The fraction of sp³-hybridized carbons (Fsp3) is 0.706. The summed E-state index contributed by atoms with van der Waals surface area (Å²) in [7, 11) is 0. The minimum atomic E-state index is -1.28. The van der Waals surface area contributed by atoms with Crippen LogP contribution in [0.4, 0.5) is 0 Å². The van der Waals surface area contributed by atoms with E-state index in [1.807, 2.05) is 0 Å². The molecule has 4 rings (SSSR count). The zero-order valence-corrected chi connectivity index (χ0v) is 15.8. The van der Waals surface area contributed by atoms with Crippen molar-refractivity contribution in [2.24, 2.45) is 0 Å². The summed E-state index contributed by atoms with van der Waals surface area (Å²) in [6, 6.07) is 0. The van der Waals surface area contributed by atoms with Crippen molar-refractivity contribution in [2.75, 3.05) is 13.2 Å². The summed E-state index contributed by atoms with van der Waals surface area (Å²) in [6.07, 6.45) is -6.26. The molecule has 13 nitrogen and oxygen atoms in total. The summed E-state index contributed by atoms with van der Waals surface area (Å²) in [4.78, 5) is 21.2. The standard InChI is InChI=1S/C17H24N4O9/c22-3-9-14(26)7(24)1-11(29-9)20-5-18-13-16(20)19-6-21(17(13)28)12-2-8(25)15(27)10(4-23)30-12/h5-12,14-15,22-27H,1-4H2. The highest BCUT2D eigenvalue weighted by Gasteiger charge is 2.39. The van der Waals surface area contributed by atoms with Gasteiger partial charge in [0.2, 0.25) is 0 Å². The molecule has 13 heteroatoms. The monoisotopic (exact) mass is 428 g/mol. The van der Waals surface area contributed by atoms with E-state index in [2.05, 4.69) is 9.97 Å². The van der Waals surface area contributed by atoms with Gasteiger partial charge in [0, 0.05) is 12.8 Å². The number of fused-ring (bicyclic) bond motifs is 1. The van der Waals surface area contributed by atoms with E-state index in [1.165, 1.54) is 17.2 Å². The van der Waals surface area contributed by atoms with Crippen molar-refractivity contribution in [1.82, 2.24) is 19.1 Å². The van der Waals surface area contributed by atoms with E-state index >= 15 is 0 Å². The van der Waals surface area contributed by atoms with Gasteiger partial charge in [0.05, 0.1) is 31.7 Å². The van der Waals surface area contributed by atoms with Gasteiger partial charge in [0.25, 0.3) is 5.56 Å². The Kier molecular flexibility index (Phi) is 5.87. The first-order chi connectivity index (χ1) is 14.3. The average molecular weight is 428 g/mol. The maximum absolute atomic E-state index is 12.9. The molecule has 0 spiro atoms. The summed E-state index contributed by atoms with van der Waals surface area (Å²) < 4.78 is 13.7. The topological polar surface area (TPSA) is 193 Å². The normalized spacial score (nSPS) is 37.5. The van der Waals surface area contributed by atoms with E-state index in [4.69, 9.17) is 9.47 Å². The molecular weight excluding hydrogens is 404 g/mol. The first-order valence-electron chi connectivity index (χ1n) is 9.54. The van der Waals surface area contributed by atoms with Gasteiger partial charge in [-0.25, -0.2) is 9.97 Å². The Labute approximate surface area is 169 Å². The SMILES string of the molecule is O=c1c2ncn(C3CC(O)C(O)C(CO)O3)c2ncn1C1CC(O)C(O)C(CO)O1. The summed E-state index contributed by atoms with van der Waals surface area (Å²) in [5.41, 5.74) is -0.428. The molecule has 0 aliphatic carbocycles. The van der Waals surface area contributed by atoms with E-state index in [9.17, 15) is 35.4 Å². The van der Waals surface area contributed by atoms with Crippen LogP contribution in [0, 0.1) is 0 Å². The molecule has 0 amide bonds. The summed E-state index contributed by atoms with van der Waals surface area (Å²) in [6.45, 7) is -1.03. The minimum absolute atomic E-state index is 0.00187. The highest BCUT2D eigenvalue weighted by atomic mass is 16.5. The van der Waals surface area contributed by atoms with Crippen LogP contribution in [0.3, 0.4) is 0 Å². The number of imidazole rings is 1. The van der Waals surface area contributed by atoms with Crippen LogP contribution in [-0.4, -0.2) is 99.6 Å². The van der Waals surface area contributed by atoms with Crippen molar-refractivity contribution in [2.45, 2.75) is 61.9 Å². The molecule has 8 atom stereocenters. The van der Waals surface area contributed by atoms with Gasteiger partial charge in [0.15, 0.2) is 11.2 Å². The van der Waals surface area contributed by atoms with E-state index in [0.29, 0.717) is 0 Å². The quantitative estimate of drug-likeness (QED) is 0.284. The fourth-order valence-corrected chi connectivity index (χ4v) is 3.86. The van der Waals surface area contributed by atoms with Crippen molar-refractivity contribution >= 4 is 11.2 Å². The van der Waals surface area contributed by atoms with Crippen molar-refractivity contribution in [1.29, 1.82) is 0 Å². The highest BCUT2D eigenvalue weighted by Crippen LogP contribution is 2.30. The van der Waals surface area contributed by atoms with E-state index in [1.54, 1.807) is 0 Å². The van der Waals surface area contributed by atoms with Crippen LogP contribution in [0.15, 0.2) is 17.4 Å². The lowest BCUT2D eigenvalue weighted by molar-refractivity contribution is -0.202. The van der Waals surface area contributed by atoms with Gasteiger partial charge < -0.3 is 40.1 Å². The fourth-order valence-electron chi connectivity index (χ4n) is 3.86. The number of aliphatic hydroxyl groups excluding tert-OH is 6. The Bertz CT molecular complexity index is 949. The molecule has 2 aliphatic rings. The Balaban J connectivity index is 1.65. The van der Waals surface area contributed by atoms with Crippen LogP contribution in [0.5, 0.6) is 0 Å². The van der Waals surface area contributed by atoms with Crippen molar-refractivity contribution in [3.8, 4) is 0 Å². The van der Waals surface area contributed by atoms with Crippen LogP contribution >= 0.6 is 0 Å². The van der Waals surface area contributed by atoms with E-state index in [-0.39, 0.29) is 24.0 Å². The lowest BCUT2D eigenvalue weighted by Crippen LogP contribution is -2.49. The molecule has 2 aromatic rings. The second-order valence-electron chi connectivity index (χ2n) is 7.49. The number of nitrogens with zero attached hydrogens (tertiary/aromatic N) is 4. The molecule has 2 saturated heterocycles. The molecule has 0 saturated carbocycles. The predicted molar refractivity (Wildman–Crippen MR) is 97.0 cm³/mol. The molecule has 0 bridgehead atoms. The average Bonchev–Trinajstić information content (AvgIpc) is 3.17. The molecule has 2 fully saturated rings. The number of ether oxygens (including phenoxy) is 2. The first kappa shape index (κ1) is 21.3. The van der Waals surface area contributed by atoms with Crippen molar-refractivity contribution in [3.05, 3.63) is 23.0 Å². The van der Waals surface area contributed by atoms with Gasteiger partial charge in [-0.05, 0) is 0 Å². The molecule has 2 aliphatic heterocycles. The molecule has 0 aromatic carbocycles. The van der Waals surface area contributed by atoms with Gasteiger partial charge in [-0.1, -0.05) is 0 Å². The van der Waals surface area contributed by atoms with Gasteiger partial charge in [-0.15, -0.1) is 0 Å². The number of aromatic nitrogens is 4. The third-order valence-electron chi connectivity index (χ3n) is 5.59. The van der Waals surface area contributed by atoms with Gasteiger partial charge in [-0.2, -0.15) is 0 Å². The van der Waals surface area contributed by atoms with Crippen molar-refractivity contribution in [3.63, 3.8) is 0 Å². The second kappa shape index (κ2) is 8.28. The van der Waals surface area contributed by atoms with Crippen LogP contribution in [0.1, 0.15) is 25.3 Å². The van der Waals surface area contributed by atoms with Gasteiger partial charge in [-0.3, -0.25) is 13.9 Å². The Morgan fingerprint density at radius 1 is 0.867 bits per heavy atom. The maximum atomic E-state index is 12.9. The molecular formula is C17H24N4O9. The first-order valence-corrected chi connectivity index (χ1v) is 9.54. The third-order valence-corrected chi connectivity index (χ3v) is 5.59. The number of aliphatic hydroxyl groups is 6. The predicted octanol–water partition coefficient (Wildman–Crippen LogP) is -3.40. The lowest BCUT2D eigenvalue weighted by Gasteiger charge is -2.37. The molecule has 6 N–H and O–H groups in total. The third kappa shape index (κ3) is 3.52. The molecule has 8 unspecified atom stereocenters. The lowest BCUT2D eigenvalue weighted by atomic mass is 10.0. The number of rotatable bonds is 4. The zero-order valence-electron chi connectivity index (χ0n) is 15.8. The van der Waals surface area contributed by atoms with E-state index in [0.717, 1.165) is 4.57 Å². The van der Waals surface area contributed by atoms with Crippen LogP contribution < -0.4 is 5.56 Å². The van der Waals surface area contributed by atoms with Crippen molar-refractivity contribution < 1.29 is 40.1 Å². The highest BCUT2D eigenvalue weighted by molar-refractivity contribution is 5.69. The summed E-state index contributed by atoms with van der Waals surface area (Å²) in [5, 5.41) is 58.5. The molecule has 166 valence electrons. The molecule has 30 heavy (non-hydrogen) atoms. The zero-order chi connectivity index (χ0) is 21.6. The molecule has 4 heterocycles. The van der Waals surface area contributed by atoms with E-state index < -0.39 is 67.9 Å². The summed E-state index contributed by atoms with van der Waals surface area (Å²) >= 11 is 0. The number of hydrogen-bond acceptors (Lipinski definition) is 11. The van der Waals surface area contributed by atoms with Gasteiger partial charge in [0.1, 0.15) is 43.2 Å². The molecule has 2 aromatic heterocycles.